The molecule has 0 aliphatic heterocycles. The van der Waals surface area contributed by atoms with E-state index in [1.54, 1.807) is 26.8 Å². The molecule has 6 nitrogen and oxygen atoms in total. The van der Waals surface area contributed by atoms with Crippen LogP contribution in [0.3, 0.4) is 0 Å². The minimum Gasteiger partial charge on any atom is -0.353 e. The molecule has 0 saturated heterocycles. The fraction of sp³-hybridized carbons (Fsp3) is 0.727. The summed E-state index contributed by atoms with van der Waals surface area (Å²) in [6, 6.07) is 0. The van der Waals surface area contributed by atoms with Crippen molar-refractivity contribution in [2.45, 2.75) is 45.6 Å². The molecule has 0 heterocycles. The second kappa shape index (κ2) is 7.50. The minimum absolute atomic E-state index is 0.147. The van der Waals surface area contributed by atoms with Crippen LogP contribution in [0.5, 0.6) is 0 Å². The lowest BCUT2D eigenvalue weighted by Crippen LogP contribution is -2.28. The number of rotatable bonds is 8. The van der Waals surface area contributed by atoms with Gasteiger partial charge in [0.15, 0.2) is 0 Å². The first-order chi connectivity index (χ1) is 8.16. The van der Waals surface area contributed by atoms with E-state index in [2.05, 4.69) is 9.50 Å². The molecule has 0 spiro atoms. The summed E-state index contributed by atoms with van der Waals surface area (Å²) in [6.45, 7) is 5.44. The summed E-state index contributed by atoms with van der Waals surface area (Å²) in [5.74, 6) is -0.147. The van der Waals surface area contributed by atoms with Crippen LogP contribution in [0.1, 0.15) is 40.0 Å². The van der Waals surface area contributed by atoms with Crippen LogP contribution < -0.4 is 5.32 Å². The van der Waals surface area contributed by atoms with Gasteiger partial charge in [-0.25, -0.2) is 4.18 Å². The Labute approximate surface area is 108 Å². The summed E-state index contributed by atoms with van der Waals surface area (Å²) in [6.07, 6.45) is 4.94. The quantitative estimate of drug-likeness (QED) is 0.398. The molecule has 2 N–H and O–H groups in total. The molecule has 7 heteroatoms. The van der Waals surface area contributed by atoms with Crippen LogP contribution in [-0.2, 0) is 19.4 Å². The molecule has 0 fully saturated rings. The summed E-state index contributed by atoms with van der Waals surface area (Å²) in [5, 5.41) is 2.68. The van der Waals surface area contributed by atoms with E-state index in [0.29, 0.717) is 25.8 Å². The highest BCUT2D eigenvalue weighted by Gasteiger charge is 2.24. The molecule has 0 aliphatic carbocycles. The third-order valence-corrected chi connectivity index (χ3v) is 2.82. The predicted octanol–water partition coefficient (Wildman–Crippen LogP) is 1.45. The van der Waals surface area contributed by atoms with E-state index < -0.39 is 16.0 Å². The van der Waals surface area contributed by atoms with Crippen molar-refractivity contribution in [1.29, 1.82) is 0 Å². The van der Waals surface area contributed by atoms with E-state index in [0.717, 1.165) is 0 Å². The summed E-state index contributed by atoms with van der Waals surface area (Å²) < 4.78 is 34.2. The van der Waals surface area contributed by atoms with Gasteiger partial charge in [-0.05, 0) is 46.1 Å². The zero-order chi connectivity index (χ0) is 14.2. The highest BCUT2D eigenvalue weighted by atomic mass is 32.3. The zero-order valence-electron chi connectivity index (χ0n) is 11.0. The second-order valence-electron chi connectivity index (χ2n) is 4.52. The average Bonchev–Trinajstić information content (AvgIpc) is 2.13. The average molecular weight is 279 g/mol. The van der Waals surface area contributed by atoms with Gasteiger partial charge in [-0.2, -0.15) is 8.42 Å². The van der Waals surface area contributed by atoms with Crippen molar-refractivity contribution in [1.82, 2.24) is 5.32 Å². The minimum atomic E-state index is -4.42. The Kier molecular flexibility index (Phi) is 7.12. The van der Waals surface area contributed by atoms with Crippen molar-refractivity contribution in [2.75, 3.05) is 6.54 Å². The van der Waals surface area contributed by atoms with Gasteiger partial charge in [0.1, 0.15) is 0 Å². The van der Waals surface area contributed by atoms with Crippen molar-refractivity contribution in [3.8, 4) is 0 Å². The standard InChI is InChI=1S/C11H21NO5S/c1-4-7-10(13)12-9-6-5-8-11(2,3)17-18(14,15)16/h4,7H,5-6,8-9H2,1-3H3,(H,12,13)(H,14,15,16). The molecule has 0 aromatic carbocycles. The molecule has 0 saturated carbocycles. The Hall–Kier alpha value is -0.920. The number of hydrogen-bond acceptors (Lipinski definition) is 4. The predicted molar refractivity (Wildman–Crippen MR) is 68.4 cm³/mol. The monoisotopic (exact) mass is 279 g/mol. The van der Waals surface area contributed by atoms with Gasteiger partial charge in [-0.3, -0.25) is 9.35 Å². The molecule has 0 aliphatic rings. The third kappa shape index (κ3) is 10.2. The maximum absolute atomic E-state index is 11.1. The maximum atomic E-state index is 11.1. The lowest BCUT2D eigenvalue weighted by atomic mass is 10.0. The number of nitrogens with one attached hydrogen (secondary N) is 1. The van der Waals surface area contributed by atoms with Crippen LogP contribution in [-0.4, -0.2) is 31.0 Å². The number of hydrogen-bond donors (Lipinski definition) is 2. The molecule has 0 unspecified atom stereocenters. The number of carbonyl (C=O) groups excluding carboxylic acids is 1. The van der Waals surface area contributed by atoms with Gasteiger partial charge in [-0.15, -0.1) is 0 Å². The van der Waals surface area contributed by atoms with Crippen molar-refractivity contribution in [2.24, 2.45) is 0 Å². The third-order valence-electron chi connectivity index (χ3n) is 2.15. The van der Waals surface area contributed by atoms with E-state index >= 15 is 0 Å². The van der Waals surface area contributed by atoms with Crippen LogP contribution in [0, 0.1) is 0 Å². The first kappa shape index (κ1) is 17.1. The van der Waals surface area contributed by atoms with Gasteiger partial charge >= 0.3 is 10.4 Å². The van der Waals surface area contributed by atoms with Gasteiger partial charge in [0, 0.05) is 6.54 Å². The van der Waals surface area contributed by atoms with E-state index in [4.69, 9.17) is 4.55 Å². The zero-order valence-corrected chi connectivity index (χ0v) is 11.8. The molecular formula is C11H21NO5S. The Balaban J connectivity index is 3.81. The number of unbranched alkanes of at least 4 members (excludes halogenated alkanes) is 1. The van der Waals surface area contributed by atoms with Crippen molar-refractivity contribution in [3.63, 3.8) is 0 Å². The van der Waals surface area contributed by atoms with Crippen molar-refractivity contribution >= 4 is 16.3 Å². The molecule has 0 radical (unpaired) electrons. The van der Waals surface area contributed by atoms with Crippen LogP contribution in [0.2, 0.25) is 0 Å². The molecule has 0 rings (SSSR count). The highest BCUT2D eigenvalue weighted by Crippen LogP contribution is 2.19. The lowest BCUT2D eigenvalue weighted by Gasteiger charge is -2.22. The van der Waals surface area contributed by atoms with Gasteiger partial charge < -0.3 is 5.32 Å². The lowest BCUT2D eigenvalue weighted by molar-refractivity contribution is -0.116. The Morgan fingerprint density at radius 2 is 2.00 bits per heavy atom. The van der Waals surface area contributed by atoms with Crippen LogP contribution in [0.4, 0.5) is 0 Å². The summed E-state index contributed by atoms with van der Waals surface area (Å²) in [7, 11) is -4.42. The normalized spacial score (nSPS) is 12.9. The van der Waals surface area contributed by atoms with Gasteiger partial charge in [0.05, 0.1) is 5.60 Å². The molecule has 106 valence electrons. The SMILES string of the molecule is CC=CC(=O)NCCCCC(C)(C)OS(=O)(=O)O. The smallest absolute Gasteiger partial charge is 0.353 e. The van der Waals surface area contributed by atoms with Gasteiger partial charge in [0.25, 0.3) is 0 Å². The topological polar surface area (TPSA) is 92.7 Å². The van der Waals surface area contributed by atoms with Gasteiger partial charge in [-0.1, -0.05) is 6.08 Å². The molecule has 0 aromatic heterocycles. The van der Waals surface area contributed by atoms with E-state index in [9.17, 15) is 13.2 Å². The Morgan fingerprint density at radius 3 is 2.50 bits per heavy atom. The Morgan fingerprint density at radius 1 is 1.39 bits per heavy atom. The molecule has 0 atom stereocenters. The summed E-state index contributed by atoms with van der Waals surface area (Å²) in [5.41, 5.74) is -0.944. The molecule has 1 amide bonds. The summed E-state index contributed by atoms with van der Waals surface area (Å²) in [4.78, 5) is 11.1. The Bertz CT molecular complexity index is 386. The van der Waals surface area contributed by atoms with E-state index in [-0.39, 0.29) is 5.91 Å². The largest absolute Gasteiger partial charge is 0.397 e. The van der Waals surface area contributed by atoms with Crippen LogP contribution >= 0.6 is 0 Å². The molecule has 0 aromatic rings. The molecular weight excluding hydrogens is 258 g/mol. The molecule has 0 bridgehead atoms. The number of allylic oxidation sites excluding steroid dienone is 1. The number of carbonyl (C=O) groups is 1. The van der Waals surface area contributed by atoms with Gasteiger partial charge in [0.2, 0.25) is 5.91 Å². The molecule has 18 heavy (non-hydrogen) atoms. The first-order valence-corrected chi connectivity index (χ1v) is 7.11. The summed E-state index contributed by atoms with van der Waals surface area (Å²) >= 11 is 0. The van der Waals surface area contributed by atoms with Crippen molar-refractivity contribution < 1.29 is 21.9 Å². The first-order valence-electron chi connectivity index (χ1n) is 5.75. The fourth-order valence-corrected chi connectivity index (χ4v) is 2.08. The van der Waals surface area contributed by atoms with Crippen LogP contribution in [0.25, 0.3) is 0 Å². The highest BCUT2D eigenvalue weighted by molar-refractivity contribution is 7.80. The second-order valence-corrected chi connectivity index (χ2v) is 5.54. The van der Waals surface area contributed by atoms with E-state index in [1.165, 1.54) is 6.08 Å². The van der Waals surface area contributed by atoms with E-state index in [1.807, 2.05) is 0 Å². The number of amides is 1. The maximum Gasteiger partial charge on any atom is 0.397 e. The fourth-order valence-electron chi connectivity index (χ4n) is 1.42. The van der Waals surface area contributed by atoms with Crippen LogP contribution in [0.15, 0.2) is 12.2 Å². The van der Waals surface area contributed by atoms with Crippen molar-refractivity contribution in [3.05, 3.63) is 12.2 Å².